The monoisotopic (exact) mass is 483 g/mol. The van der Waals surface area contributed by atoms with Gasteiger partial charge in [0.1, 0.15) is 5.92 Å². The molecule has 10 heteroatoms. The maximum Gasteiger partial charge on any atom is 0.269 e. The number of carbonyl (C=O) groups is 2. The van der Waals surface area contributed by atoms with E-state index in [-0.39, 0.29) is 21.4 Å². The first kappa shape index (κ1) is 21.4. The fourth-order valence-corrected chi connectivity index (χ4v) is 4.72. The first-order chi connectivity index (χ1) is 15.9. The molecule has 0 spiro atoms. The highest BCUT2D eigenvalue weighted by molar-refractivity contribution is 6.36. The maximum absolute atomic E-state index is 13.6. The summed E-state index contributed by atoms with van der Waals surface area (Å²) in [5.41, 5.74) is 0.946. The molecule has 0 saturated carbocycles. The molecule has 5 rings (SSSR count). The Bertz CT molecular complexity index is 1290. The topological polar surface area (TPSA) is 93.0 Å². The summed E-state index contributed by atoms with van der Waals surface area (Å²) in [7, 11) is 0. The van der Waals surface area contributed by atoms with E-state index in [2.05, 4.69) is 0 Å². The highest BCUT2D eigenvalue weighted by atomic mass is 35.5. The zero-order valence-electron chi connectivity index (χ0n) is 16.8. The van der Waals surface area contributed by atoms with E-state index in [0.29, 0.717) is 11.3 Å². The SMILES string of the molecule is O=C1[C@@H]2[C@@H](ON(c3ccccc3)[C@H]2c2cc([N+](=O)[O-])ccc2Cl)C(=O)N1c1ccccc1Cl. The second kappa shape index (κ2) is 8.15. The number of hydroxylamine groups is 1. The van der Waals surface area contributed by atoms with Gasteiger partial charge in [0.05, 0.1) is 27.4 Å². The van der Waals surface area contributed by atoms with Gasteiger partial charge in [0, 0.05) is 22.7 Å². The lowest BCUT2D eigenvalue weighted by molar-refractivity contribution is -0.384. The molecule has 2 aliphatic rings. The van der Waals surface area contributed by atoms with Crippen molar-refractivity contribution in [1.82, 2.24) is 0 Å². The van der Waals surface area contributed by atoms with Gasteiger partial charge >= 0.3 is 0 Å². The third kappa shape index (κ3) is 3.43. The zero-order chi connectivity index (χ0) is 23.3. The summed E-state index contributed by atoms with van der Waals surface area (Å²) >= 11 is 12.7. The van der Waals surface area contributed by atoms with Crippen LogP contribution in [0.5, 0.6) is 0 Å². The van der Waals surface area contributed by atoms with Crippen molar-refractivity contribution in [2.45, 2.75) is 12.1 Å². The van der Waals surface area contributed by atoms with Crippen molar-refractivity contribution in [2.24, 2.45) is 5.92 Å². The second-order valence-electron chi connectivity index (χ2n) is 7.58. The molecule has 2 aliphatic heterocycles. The Morgan fingerprint density at radius 1 is 0.879 bits per heavy atom. The Balaban J connectivity index is 1.65. The third-order valence-electron chi connectivity index (χ3n) is 5.73. The van der Waals surface area contributed by atoms with Gasteiger partial charge in [-0.2, -0.15) is 0 Å². The fraction of sp³-hybridized carbons (Fsp3) is 0.130. The maximum atomic E-state index is 13.6. The molecule has 0 unspecified atom stereocenters. The summed E-state index contributed by atoms with van der Waals surface area (Å²) in [6, 6.07) is 18.5. The third-order valence-corrected chi connectivity index (χ3v) is 6.39. The molecule has 2 saturated heterocycles. The molecular weight excluding hydrogens is 469 g/mol. The van der Waals surface area contributed by atoms with Crippen LogP contribution < -0.4 is 9.96 Å². The summed E-state index contributed by atoms with van der Waals surface area (Å²) in [6.45, 7) is 0. The van der Waals surface area contributed by atoms with Crippen LogP contribution in [0.4, 0.5) is 17.1 Å². The number of hydrogen-bond donors (Lipinski definition) is 0. The molecule has 3 aromatic carbocycles. The molecule has 0 aliphatic carbocycles. The van der Waals surface area contributed by atoms with E-state index in [1.807, 2.05) is 6.07 Å². The van der Waals surface area contributed by atoms with Crippen LogP contribution >= 0.6 is 23.2 Å². The molecular formula is C23H15Cl2N3O5. The largest absolute Gasteiger partial charge is 0.273 e. The molecule has 0 N–H and O–H groups in total. The lowest BCUT2D eigenvalue weighted by Crippen LogP contribution is -2.37. The van der Waals surface area contributed by atoms with Gasteiger partial charge in [-0.3, -0.25) is 24.5 Å². The molecule has 2 amide bonds. The van der Waals surface area contributed by atoms with Gasteiger partial charge in [-0.1, -0.05) is 53.5 Å². The smallest absolute Gasteiger partial charge is 0.269 e. The van der Waals surface area contributed by atoms with E-state index in [0.717, 1.165) is 4.90 Å². The fourth-order valence-electron chi connectivity index (χ4n) is 4.27. The second-order valence-corrected chi connectivity index (χ2v) is 8.40. The minimum absolute atomic E-state index is 0.189. The lowest BCUT2D eigenvalue weighted by Gasteiger charge is -2.29. The van der Waals surface area contributed by atoms with Crippen LogP contribution in [0.1, 0.15) is 11.6 Å². The van der Waals surface area contributed by atoms with Crippen LogP contribution in [0, 0.1) is 16.0 Å². The summed E-state index contributed by atoms with van der Waals surface area (Å²) in [4.78, 5) is 44.8. The average molecular weight is 484 g/mol. The van der Waals surface area contributed by atoms with E-state index in [4.69, 9.17) is 28.0 Å². The number of nitrogens with zero attached hydrogens (tertiary/aromatic N) is 3. The number of para-hydroxylation sites is 2. The van der Waals surface area contributed by atoms with Crippen LogP contribution in [0.15, 0.2) is 72.8 Å². The van der Waals surface area contributed by atoms with Gasteiger partial charge < -0.3 is 0 Å². The summed E-state index contributed by atoms with van der Waals surface area (Å²) < 4.78 is 0. The van der Waals surface area contributed by atoms with Crippen LogP contribution in [0.3, 0.4) is 0 Å². The Morgan fingerprint density at radius 3 is 2.27 bits per heavy atom. The predicted molar refractivity (Wildman–Crippen MR) is 122 cm³/mol. The number of rotatable bonds is 4. The van der Waals surface area contributed by atoms with E-state index < -0.39 is 34.8 Å². The highest BCUT2D eigenvalue weighted by Crippen LogP contribution is 2.50. The van der Waals surface area contributed by atoms with Crippen LogP contribution in [0.2, 0.25) is 10.0 Å². The minimum Gasteiger partial charge on any atom is -0.273 e. The zero-order valence-corrected chi connectivity index (χ0v) is 18.3. The van der Waals surface area contributed by atoms with E-state index in [9.17, 15) is 19.7 Å². The molecule has 166 valence electrons. The number of imide groups is 1. The predicted octanol–water partition coefficient (Wildman–Crippen LogP) is 4.95. The number of non-ortho nitro benzene ring substituents is 1. The van der Waals surface area contributed by atoms with E-state index >= 15 is 0 Å². The Kier molecular flexibility index (Phi) is 5.28. The first-order valence-corrected chi connectivity index (χ1v) is 10.7. The minimum atomic E-state index is -1.14. The molecule has 8 nitrogen and oxygen atoms in total. The van der Waals surface area contributed by atoms with Gasteiger partial charge in [-0.15, -0.1) is 0 Å². The summed E-state index contributed by atoms with van der Waals surface area (Å²) in [5.74, 6) is -2.08. The quantitative estimate of drug-likeness (QED) is 0.296. The standard InChI is InChI=1S/C23H15Cl2N3O5/c24-16-11-10-14(28(31)32)12-15(16)20-19-21(33-27(20)13-6-2-1-3-7-13)23(30)26(22(19)29)18-9-5-4-8-17(18)25/h1-12,19-21H/t19-,20-,21+/m0/s1. The van der Waals surface area contributed by atoms with Crippen LogP contribution in [-0.2, 0) is 14.4 Å². The number of fused-ring (bicyclic) bond motifs is 1. The Morgan fingerprint density at radius 2 is 1.58 bits per heavy atom. The van der Waals surface area contributed by atoms with Crippen LogP contribution in [0.25, 0.3) is 0 Å². The summed E-state index contributed by atoms with van der Waals surface area (Å²) in [5, 5.41) is 13.3. The first-order valence-electron chi connectivity index (χ1n) is 9.95. The number of amides is 2. The highest BCUT2D eigenvalue weighted by Gasteiger charge is 2.61. The summed E-state index contributed by atoms with van der Waals surface area (Å²) in [6.07, 6.45) is -1.14. The number of halogens is 2. The van der Waals surface area contributed by atoms with Crippen molar-refractivity contribution >= 4 is 52.1 Å². The number of hydrogen-bond acceptors (Lipinski definition) is 6. The van der Waals surface area contributed by atoms with Crippen molar-refractivity contribution in [3.63, 3.8) is 0 Å². The normalized spacial score (nSPS) is 22.1. The number of anilines is 2. The van der Waals surface area contributed by atoms with Crippen LogP contribution in [-0.4, -0.2) is 22.8 Å². The van der Waals surface area contributed by atoms with Gasteiger partial charge in [-0.25, -0.2) is 9.96 Å². The van der Waals surface area contributed by atoms with Crippen molar-refractivity contribution in [3.8, 4) is 0 Å². The number of carbonyl (C=O) groups excluding carboxylic acids is 2. The molecule has 3 aromatic rings. The molecule has 0 radical (unpaired) electrons. The van der Waals surface area contributed by atoms with Gasteiger partial charge in [0.15, 0.2) is 6.10 Å². The Labute approximate surface area is 198 Å². The van der Waals surface area contributed by atoms with E-state index in [1.54, 1.807) is 48.5 Å². The van der Waals surface area contributed by atoms with Gasteiger partial charge in [0.25, 0.3) is 11.6 Å². The average Bonchev–Trinajstić information content (AvgIpc) is 3.31. The molecule has 0 aromatic heterocycles. The molecule has 2 fully saturated rings. The number of nitro benzene ring substituents is 1. The van der Waals surface area contributed by atoms with Crippen molar-refractivity contribution in [3.05, 3.63) is 98.5 Å². The van der Waals surface area contributed by atoms with Crippen molar-refractivity contribution in [1.29, 1.82) is 0 Å². The molecule has 3 atom stereocenters. The number of nitro groups is 1. The van der Waals surface area contributed by atoms with Crippen molar-refractivity contribution < 1.29 is 19.3 Å². The Hall–Kier alpha value is -3.46. The van der Waals surface area contributed by atoms with Crippen molar-refractivity contribution in [2.75, 3.05) is 9.96 Å². The lowest BCUT2D eigenvalue weighted by atomic mass is 9.90. The van der Waals surface area contributed by atoms with Gasteiger partial charge in [0.2, 0.25) is 5.91 Å². The molecule has 33 heavy (non-hydrogen) atoms. The van der Waals surface area contributed by atoms with Gasteiger partial charge in [-0.05, 0) is 30.3 Å². The molecule has 0 bridgehead atoms. The number of benzene rings is 3. The van der Waals surface area contributed by atoms with E-state index in [1.165, 1.54) is 23.3 Å². The molecule has 2 heterocycles.